The Morgan fingerprint density at radius 3 is 2.67 bits per heavy atom. The molecule has 0 saturated heterocycles. The molecule has 0 aliphatic carbocycles. The van der Waals surface area contributed by atoms with Crippen molar-refractivity contribution in [2.24, 2.45) is 5.73 Å². The van der Waals surface area contributed by atoms with Crippen LogP contribution in [0.5, 0.6) is 0 Å². The Bertz CT molecular complexity index is 413. The van der Waals surface area contributed by atoms with Gasteiger partial charge in [0, 0.05) is 15.7 Å². The number of nitro groups is 1. The topological polar surface area (TPSA) is 81.2 Å². The van der Waals surface area contributed by atoms with E-state index in [1.54, 1.807) is 6.92 Å². The molecule has 1 aromatic carbocycles. The van der Waals surface area contributed by atoms with Crippen molar-refractivity contribution >= 4 is 51.3 Å². The fraction of sp³-hybridized carbons (Fsp3) is 0.125. The smallest absolute Gasteiger partial charge is 0.270 e. The van der Waals surface area contributed by atoms with E-state index >= 15 is 0 Å². The molecule has 0 aliphatic heterocycles. The number of benzene rings is 1. The van der Waals surface area contributed by atoms with Crippen molar-refractivity contribution in [2.45, 2.75) is 6.92 Å². The highest BCUT2D eigenvalue weighted by Crippen LogP contribution is 2.27. The molecule has 80 valence electrons. The molecule has 0 aliphatic rings. The SMILES string of the molecule is Cc1cc([N+](=O)[O-])cc(I)c1NC(N)=S. The van der Waals surface area contributed by atoms with E-state index in [0.29, 0.717) is 9.26 Å². The first kappa shape index (κ1) is 12.1. The second-order valence-corrected chi connectivity index (χ2v) is 4.47. The van der Waals surface area contributed by atoms with Crippen LogP contribution in [0.3, 0.4) is 0 Å². The fourth-order valence-electron chi connectivity index (χ4n) is 1.11. The Labute approximate surface area is 105 Å². The molecule has 0 bridgehead atoms. The van der Waals surface area contributed by atoms with E-state index in [4.69, 9.17) is 18.0 Å². The number of nitrogens with zero attached hydrogens (tertiary/aromatic N) is 1. The number of nitro benzene ring substituents is 1. The highest BCUT2D eigenvalue weighted by molar-refractivity contribution is 14.1. The van der Waals surface area contributed by atoms with Gasteiger partial charge in [-0.15, -0.1) is 0 Å². The van der Waals surface area contributed by atoms with Crippen molar-refractivity contribution in [3.63, 3.8) is 0 Å². The molecule has 0 radical (unpaired) electrons. The number of nitrogens with two attached hydrogens (primary N) is 1. The van der Waals surface area contributed by atoms with Gasteiger partial charge in [0.1, 0.15) is 0 Å². The third kappa shape index (κ3) is 2.99. The highest BCUT2D eigenvalue weighted by Gasteiger charge is 2.12. The largest absolute Gasteiger partial charge is 0.376 e. The number of nitrogens with one attached hydrogen (secondary N) is 1. The summed E-state index contributed by atoms with van der Waals surface area (Å²) < 4.78 is 0.715. The summed E-state index contributed by atoms with van der Waals surface area (Å²) in [6, 6.07) is 2.94. The lowest BCUT2D eigenvalue weighted by molar-refractivity contribution is -0.385. The maximum absolute atomic E-state index is 10.6. The molecule has 1 aromatic rings. The van der Waals surface area contributed by atoms with E-state index in [-0.39, 0.29) is 10.8 Å². The van der Waals surface area contributed by atoms with E-state index in [2.05, 4.69) is 5.32 Å². The van der Waals surface area contributed by atoms with Crippen molar-refractivity contribution < 1.29 is 4.92 Å². The van der Waals surface area contributed by atoms with Crippen molar-refractivity contribution in [3.05, 3.63) is 31.4 Å². The zero-order valence-corrected chi connectivity index (χ0v) is 10.8. The van der Waals surface area contributed by atoms with Gasteiger partial charge in [-0.3, -0.25) is 10.1 Å². The third-order valence-corrected chi connectivity index (χ3v) is 2.68. The molecule has 5 nitrogen and oxygen atoms in total. The van der Waals surface area contributed by atoms with Gasteiger partial charge in [0.15, 0.2) is 5.11 Å². The van der Waals surface area contributed by atoms with Gasteiger partial charge < -0.3 is 11.1 Å². The van der Waals surface area contributed by atoms with Crippen LogP contribution < -0.4 is 11.1 Å². The van der Waals surface area contributed by atoms with Crippen LogP contribution in [-0.4, -0.2) is 10.0 Å². The molecule has 0 spiro atoms. The van der Waals surface area contributed by atoms with Crippen LogP contribution in [0.1, 0.15) is 5.56 Å². The second kappa shape index (κ2) is 4.71. The van der Waals surface area contributed by atoms with Crippen molar-refractivity contribution in [2.75, 3.05) is 5.32 Å². The normalized spacial score (nSPS) is 9.73. The first-order chi connectivity index (χ1) is 6.91. The number of hydrogen-bond donors (Lipinski definition) is 2. The van der Waals surface area contributed by atoms with Crippen LogP contribution in [0.2, 0.25) is 0 Å². The number of hydrogen-bond acceptors (Lipinski definition) is 3. The van der Waals surface area contributed by atoms with Crippen molar-refractivity contribution in [1.29, 1.82) is 0 Å². The van der Waals surface area contributed by atoms with Gasteiger partial charge >= 0.3 is 0 Å². The molecule has 0 heterocycles. The lowest BCUT2D eigenvalue weighted by Crippen LogP contribution is -2.20. The Hall–Kier alpha value is -0.960. The summed E-state index contributed by atoms with van der Waals surface area (Å²) in [4.78, 5) is 10.1. The maximum atomic E-state index is 10.6. The number of halogens is 1. The summed E-state index contributed by atoms with van der Waals surface area (Å²) in [5.74, 6) is 0. The van der Waals surface area contributed by atoms with Gasteiger partial charge in [0.05, 0.1) is 10.6 Å². The quantitative estimate of drug-likeness (QED) is 0.374. The lowest BCUT2D eigenvalue weighted by Gasteiger charge is -2.09. The highest BCUT2D eigenvalue weighted by atomic mass is 127. The fourth-order valence-corrected chi connectivity index (χ4v) is 2.09. The molecule has 0 unspecified atom stereocenters. The van der Waals surface area contributed by atoms with E-state index in [1.807, 2.05) is 22.6 Å². The van der Waals surface area contributed by atoms with E-state index in [9.17, 15) is 10.1 Å². The summed E-state index contributed by atoms with van der Waals surface area (Å²) >= 11 is 6.71. The molecule has 0 amide bonds. The Morgan fingerprint density at radius 2 is 2.27 bits per heavy atom. The average molecular weight is 337 g/mol. The van der Waals surface area contributed by atoms with E-state index < -0.39 is 4.92 Å². The number of anilines is 1. The Balaban J connectivity index is 3.21. The molecule has 3 N–H and O–H groups in total. The van der Waals surface area contributed by atoms with Crippen LogP contribution in [-0.2, 0) is 0 Å². The second-order valence-electron chi connectivity index (χ2n) is 2.87. The molecule has 0 atom stereocenters. The van der Waals surface area contributed by atoms with Gasteiger partial charge in [-0.05, 0) is 47.3 Å². The maximum Gasteiger partial charge on any atom is 0.270 e. The zero-order chi connectivity index (χ0) is 11.6. The van der Waals surface area contributed by atoms with Gasteiger partial charge in [0.25, 0.3) is 5.69 Å². The number of aryl methyl sites for hydroxylation is 1. The first-order valence-corrected chi connectivity index (χ1v) is 5.41. The average Bonchev–Trinajstić information content (AvgIpc) is 2.10. The van der Waals surface area contributed by atoms with Gasteiger partial charge in [-0.1, -0.05) is 0 Å². The minimum Gasteiger partial charge on any atom is -0.376 e. The molecule has 7 heteroatoms. The molecule has 15 heavy (non-hydrogen) atoms. The molecule has 1 rings (SSSR count). The van der Waals surface area contributed by atoms with Gasteiger partial charge in [-0.2, -0.15) is 0 Å². The van der Waals surface area contributed by atoms with E-state index in [0.717, 1.165) is 5.56 Å². The molecular weight excluding hydrogens is 329 g/mol. The summed E-state index contributed by atoms with van der Waals surface area (Å²) in [5, 5.41) is 13.5. The van der Waals surface area contributed by atoms with Crippen LogP contribution in [0, 0.1) is 20.6 Å². The van der Waals surface area contributed by atoms with Gasteiger partial charge in [-0.25, -0.2) is 0 Å². The summed E-state index contributed by atoms with van der Waals surface area (Å²) in [6.07, 6.45) is 0. The van der Waals surface area contributed by atoms with Crippen LogP contribution in [0.25, 0.3) is 0 Å². The number of rotatable bonds is 2. The Morgan fingerprint density at radius 1 is 1.67 bits per heavy atom. The lowest BCUT2D eigenvalue weighted by atomic mass is 10.2. The Kier molecular flexibility index (Phi) is 3.80. The zero-order valence-electron chi connectivity index (χ0n) is 7.78. The minimum absolute atomic E-state index is 0.0605. The summed E-state index contributed by atoms with van der Waals surface area (Å²) in [5.41, 5.74) is 6.86. The summed E-state index contributed by atoms with van der Waals surface area (Å²) in [7, 11) is 0. The third-order valence-electron chi connectivity index (χ3n) is 1.73. The van der Waals surface area contributed by atoms with Crippen LogP contribution in [0.15, 0.2) is 12.1 Å². The molecule has 0 saturated carbocycles. The van der Waals surface area contributed by atoms with Crippen molar-refractivity contribution in [1.82, 2.24) is 0 Å². The van der Waals surface area contributed by atoms with Crippen LogP contribution in [0.4, 0.5) is 11.4 Å². The van der Waals surface area contributed by atoms with E-state index in [1.165, 1.54) is 12.1 Å². The molecular formula is C8H8IN3O2S. The van der Waals surface area contributed by atoms with Crippen LogP contribution >= 0.6 is 34.8 Å². The van der Waals surface area contributed by atoms with Gasteiger partial charge in [0.2, 0.25) is 0 Å². The predicted octanol–water partition coefficient (Wildman–Crippen LogP) is 2.16. The number of non-ortho nitro benzene ring substituents is 1. The molecule has 0 aromatic heterocycles. The standard InChI is InChI=1S/C8H8IN3O2S/c1-4-2-5(12(13)14)3-6(9)7(4)11-8(10)15/h2-3H,1H3,(H3,10,11,15). The number of thiocarbonyl (C=S) groups is 1. The first-order valence-electron chi connectivity index (χ1n) is 3.93. The predicted molar refractivity (Wildman–Crippen MR) is 71.0 cm³/mol. The minimum atomic E-state index is -0.431. The molecule has 0 fully saturated rings. The summed E-state index contributed by atoms with van der Waals surface area (Å²) in [6.45, 7) is 1.76. The van der Waals surface area contributed by atoms with Crippen molar-refractivity contribution in [3.8, 4) is 0 Å². The monoisotopic (exact) mass is 337 g/mol.